The van der Waals surface area contributed by atoms with Gasteiger partial charge in [-0.2, -0.15) is 13.2 Å². The third-order valence-electron chi connectivity index (χ3n) is 3.34. The molecule has 1 N–H and O–H groups in total. The Balaban J connectivity index is 1.73. The monoisotopic (exact) mass is 335 g/mol. The standard InChI is InChI=1S/C16H12F3N3O2/c1-22-9-20-13-8-12(5-6-14(13)22)24-15(23)21-11-4-2-3-10(7-11)16(17,18)19/h2-9H,1H3,(H,21,23). The summed E-state index contributed by atoms with van der Waals surface area (Å²) in [6, 6.07) is 9.19. The van der Waals surface area contributed by atoms with Crippen LogP contribution in [-0.4, -0.2) is 15.6 Å². The number of amides is 1. The summed E-state index contributed by atoms with van der Waals surface area (Å²) in [6.45, 7) is 0. The summed E-state index contributed by atoms with van der Waals surface area (Å²) in [4.78, 5) is 16.0. The number of alkyl halides is 3. The Morgan fingerprint density at radius 3 is 2.75 bits per heavy atom. The predicted octanol–water partition coefficient (Wildman–Crippen LogP) is 4.20. The number of imidazole rings is 1. The van der Waals surface area contributed by atoms with Crippen LogP contribution in [-0.2, 0) is 13.2 Å². The maximum absolute atomic E-state index is 12.6. The number of hydrogen-bond acceptors (Lipinski definition) is 3. The van der Waals surface area contributed by atoms with E-state index in [9.17, 15) is 18.0 Å². The third kappa shape index (κ3) is 3.32. The molecule has 3 rings (SSSR count). The second-order valence-corrected chi connectivity index (χ2v) is 5.10. The van der Waals surface area contributed by atoms with Gasteiger partial charge in [0.2, 0.25) is 0 Å². The van der Waals surface area contributed by atoms with Crippen LogP contribution in [0.4, 0.5) is 23.7 Å². The minimum absolute atomic E-state index is 0.00580. The van der Waals surface area contributed by atoms with Crippen LogP contribution in [0, 0.1) is 0 Å². The normalized spacial score (nSPS) is 11.5. The molecule has 0 unspecified atom stereocenters. The van der Waals surface area contributed by atoms with Crippen LogP contribution in [0.2, 0.25) is 0 Å². The number of nitrogens with zero attached hydrogens (tertiary/aromatic N) is 2. The second-order valence-electron chi connectivity index (χ2n) is 5.10. The van der Waals surface area contributed by atoms with Gasteiger partial charge >= 0.3 is 12.3 Å². The van der Waals surface area contributed by atoms with E-state index in [0.29, 0.717) is 5.52 Å². The van der Waals surface area contributed by atoms with Crippen LogP contribution in [0.3, 0.4) is 0 Å². The van der Waals surface area contributed by atoms with Crippen molar-refractivity contribution < 1.29 is 22.7 Å². The van der Waals surface area contributed by atoms with Gasteiger partial charge in [-0.1, -0.05) is 6.07 Å². The van der Waals surface area contributed by atoms with Crippen molar-refractivity contribution in [1.29, 1.82) is 0 Å². The van der Waals surface area contributed by atoms with Gasteiger partial charge in [-0.15, -0.1) is 0 Å². The average molecular weight is 335 g/mol. The van der Waals surface area contributed by atoms with Crippen molar-refractivity contribution >= 4 is 22.8 Å². The first-order valence-electron chi connectivity index (χ1n) is 6.90. The van der Waals surface area contributed by atoms with Crippen LogP contribution < -0.4 is 10.1 Å². The van der Waals surface area contributed by atoms with E-state index in [1.807, 2.05) is 11.6 Å². The lowest BCUT2D eigenvalue weighted by molar-refractivity contribution is -0.137. The number of hydrogen-bond donors (Lipinski definition) is 1. The van der Waals surface area contributed by atoms with Crippen molar-refractivity contribution in [3.63, 3.8) is 0 Å². The first-order valence-corrected chi connectivity index (χ1v) is 6.90. The molecule has 1 amide bonds. The van der Waals surface area contributed by atoms with Gasteiger partial charge < -0.3 is 9.30 Å². The van der Waals surface area contributed by atoms with E-state index in [-0.39, 0.29) is 11.4 Å². The highest BCUT2D eigenvalue weighted by molar-refractivity contribution is 5.87. The zero-order valence-corrected chi connectivity index (χ0v) is 12.5. The van der Waals surface area contributed by atoms with E-state index in [1.54, 1.807) is 24.5 Å². The van der Waals surface area contributed by atoms with Crippen molar-refractivity contribution in [3.8, 4) is 5.75 Å². The number of fused-ring (bicyclic) bond motifs is 1. The number of nitrogens with one attached hydrogen (secondary N) is 1. The quantitative estimate of drug-likeness (QED) is 0.763. The maximum Gasteiger partial charge on any atom is 0.417 e. The Hall–Kier alpha value is -3.03. The first-order chi connectivity index (χ1) is 11.3. The van der Waals surface area contributed by atoms with Gasteiger partial charge in [-0.25, -0.2) is 9.78 Å². The maximum atomic E-state index is 12.6. The Bertz CT molecular complexity index is 903. The van der Waals surface area contributed by atoms with Gasteiger partial charge in [0.1, 0.15) is 5.75 Å². The molecule has 8 heteroatoms. The number of carbonyl (C=O) groups is 1. The smallest absolute Gasteiger partial charge is 0.410 e. The third-order valence-corrected chi connectivity index (χ3v) is 3.34. The molecule has 0 saturated heterocycles. The lowest BCUT2D eigenvalue weighted by atomic mass is 10.2. The van der Waals surface area contributed by atoms with Gasteiger partial charge in [-0.05, 0) is 30.3 Å². The largest absolute Gasteiger partial charge is 0.417 e. The van der Waals surface area contributed by atoms with Crippen molar-refractivity contribution in [3.05, 3.63) is 54.4 Å². The molecule has 24 heavy (non-hydrogen) atoms. The summed E-state index contributed by atoms with van der Waals surface area (Å²) < 4.78 is 44.8. The van der Waals surface area contributed by atoms with Gasteiger partial charge in [-0.3, -0.25) is 5.32 Å². The predicted molar refractivity (Wildman–Crippen MR) is 81.8 cm³/mol. The number of rotatable bonds is 2. The summed E-state index contributed by atoms with van der Waals surface area (Å²) in [5.41, 5.74) is 0.645. The van der Waals surface area contributed by atoms with Gasteiger partial charge in [0, 0.05) is 18.8 Å². The van der Waals surface area contributed by atoms with E-state index in [2.05, 4.69) is 10.3 Å². The number of aryl methyl sites for hydroxylation is 1. The molecule has 0 fully saturated rings. The summed E-state index contributed by atoms with van der Waals surface area (Å²) in [6.07, 6.45) is -3.74. The molecule has 2 aromatic carbocycles. The molecular formula is C16H12F3N3O2. The lowest BCUT2D eigenvalue weighted by Crippen LogP contribution is -2.17. The highest BCUT2D eigenvalue weighted by atomic mass is 19.4. The number of halogens is 3. The fourth-order valence-corrected chi connectivity index (χ4v) is 2.20. The highest BCUT2D eigenvalue weighted by Gasteiger charge is 2.30. The minimum Gasteiger partial charge on any atom is -0.410 e. The van der Waals surface area contributed by atoms with E-state index >= 15 is 0 Å². The molecule has 0 saturated carbocycles. The molecule has 0 bridgehead atoms. The Morgan fingerprint density at radius 1 is 1.21 bits per heavy atom. The molecule has 5 nitrogen and oxygen atoms in total. The average Bonchev–Trinajstić information content (AvgIpc) is 2.87. The summed E-state index contributed by atoms with van der Waals surface area (Å²) >= 11 is 0. The van der Waals surface area contributed by atoms with Crippen molar-refractivity contribution in [2.45, 2.75) is 6.18 Å². The molecule has 0 atom stereocenters. The van der Waals surface area contributed by atoms with Gasteiger partial charge in [0.15, 0.2) is 0 Å². The summed E-state index contributed by atoms with van der Waals surface area (Å²) in [7, 11) is 1.83. The Morgan fingerprint density at radius 2 is 2.00 bits per heavy atom. The topological polar surface area (TPSA) is 56.2 Å². The second kappa shape index (κ2) is 5.88. The minimum atomic E-state index is -4.48. The molecule has 0 aliphatic rings. The fraction of sp³-hybridized carbons (Fsp3) is 0.125. The zero-order valence-electron chi connectivity index (χ0n) is 12.5. The number of carbonyl (C=O) groups excluding carboxylic acids is 1. The number of anilines is 1. The molecule has 3 aromatic rings. The molecule has 124 valence electrons. The molecule has 1 aromatic heterocycles. The number of benzene rings is 2. The van der Waals surface area contributed by atoms with Gasteiger partial charge in [0.25, 0.3) is 0 Å². The molecule has 1 heterocycles. The number of aromatic nitrogens is 2. The van der Waals surface area contributed by atoms with Crippen molar-refractivity contribution in [2.75, 3.05) is 5.32 Å². The van der Waals surface area contributed by atoms with Gasteiger partial charge in [0.05, 0.1) is 22.9 Å². The molecule has 0 radical (unpaired) electrons. The van der Waals surface area contributed by atoms with Crippen molar-refractivity contribution in [2.24, 2.45) is 7.05 Å². The summed E-state index contributed by atoms with van der Waals surface area (Å²) in [5.74, 6) is 0.241. The van der Waals surface area contributed by atoms with Crippen LogP contribution in [0.25, 0.3) is 11.0 Å². The van der Waals surface area contributed by atoms with E-state index in [1.165, 1.54) is 12.1 Å². The molecular weight excluding hydrogens is 323 g/mol. The SMILES string of the molecule is Cn1cnc2cc(OC(=O)Nc3cccc(C(F)(F)F)c3)ccc21. The Labute approximate surface area is 134 Å². The molecule has 0 aliphatic carbocycles. The number of ether oxygens (including phenoxy) is 1. The first kappa shape index (κ1) is 15.9. The van der Waals surface area contributed by atoms with Crippen LogP contribution >= 0.6 is 0 Å². The lowest BCUT2D eigenvalue weighted by Gasteiger charge is -2.10. The van der Waals surface area contributed by atoms with E-state index in [4.69, 9.17) is 4.74 Å². The highest BCUT2D eigenvalue weighted by Crippen LogP contribution is 2.30. The van der Waals surface area contributed by atoms with Crippen LogP contribution in [0.1, 0.15) is 5.56 Å². The molecule has 0 aliphatic heterocycles. The van der Waals surface area contributed by atoms with E-state index < -0.39 is 17.8 Å². The fourth-order valence-electron chi connectivity index (χ4n) is 2.20. The zero-order chi connectivity index (χ0) is 17.3. The summed E-state index contributed by atoms with van der Waals surface area (Å²) in [5, 5.41) is 2.27. The van der Waals surface area contributed by atoms with E-state index in [0.717, 1.165) is 17.6 Å². The van der Waals surface area contributed by atoms with Crippen LogP contribution in [0.5, 0.6) is 5.75 Å². The Kier molecular flexibility index (Phi) is 3.88. The van der Waals surface area contributed by atoms with Crippen molar-refractivity contribution in [1.82, 2.24) is 9.55 Å². The molecule has 0 spiro atoms. The van der Waals surface area contributed by atoms with Crippen LogP contribution in [0.15, 0.2) is 48.8 Å².